The lowest BCUT2D eigenvalue weighted by atomic mass is 9.46. The van der Waals surface area contributed by atoms with E-state index in [2.05, 4.69) is 10.2 Å². The third-order valence-electron chi connectivity index (χ3n) is 7.33. The molecule has 0 bridgehead atoms. The first kappa shape index (κ1) is 16.2. The van der Waals surface area contributed by atoms with Crippen LogP contribution in [0.3, 0.4) is 0 Å². The maximum absolute atomic E-state index is 13.4. The van der Waals surface area contributed by atoms with E-state index in [-0.39, 0.29) is 5.82 Å². The number of ether oxygens (including phenoxy) is 1. The van der Waals surface area contributed by atoms with Crippen LogP contribution in [0.4, 0.5) is 4.39 Å². The summed E-state index contributed by atoms with van der Waals surface area (Å²) in [6, 6.07) is 8.38. The molecule has 5 rings (SSSR count). The van der Waals surface area contributed by atoms with Gasteiger partial charge in [-0.05, 0) is 62.9 Å². The van der Waals surface area contributed by atoms with Crippen molar-refractivity contribution >= 4 is 0 Å². The second-order valence-corrected chi connectivity index (χ2v) is 8.66. The first-order valence-corrected chi connectivity index (χ1v) is 10.1. The smallest absolute Gasteiger partial charge is 0.123 e. The number of hydrogen-bond donors (Lipinski definition) is 1. The highest BCUT2D eigenvalue weighted by Crippen LogP contribution is 2.62. The zero-order valence-corrected chi connectivity index (χ0v) is 14.9. The zero-order chi connectivity index (χ0) is 16.9. The lowest BCUT2D eigenvalue weighted by Crippen LogP contribution is -2.72. The van der Waals surface area contributed by atoms with E-state index in [1.165, 1.54) is 44.6 Å². The predicted molar refractivity (Wildman–Crippen MR) is 95.8 cm³/mol. The van der Waals surface area contributed by atoms with Crippen LogP contribution in [0.15, 0.2) is 24.3 Å². The van der Waals surface area contributed by atoms with E-state index in [1.54, 1.807) is 6.07 Å². The molecule has 25 heavy (non-hydrogen) atoms. The summed E-state index contributed by atoms with van der Waals surface area (Å²) in [5, 5.41) is 4.05. The Morgan fingerprint density at radius 2 is 2.04 bits per heavy atom. The Balaban J connectivity index is 1.15. The van der Waals surface area contributed by atoms with E-state index in [0.29, 0.717) is 23.6 Å². The van der Waals surface area contributed by atoms with Gasteiger partial charge in [0, 0.05) is 36.6 Å². The van der Waals surface area contributed by atoms with Gasteiger partial charge in [-0.15, -0.1) is 0 Å². The number of piperidine rings is 1. The fraction of sp³-hybridized carbons (Fsp3) is 0.714. The van der Waals surface area contributed by atoms with E-state index < -0.39 is 0 Å². The van der Waals surface area contributed by atoms with Gasteiger partial charge in [-0.3, -0.25) is 4.90 Å². The third-order valence-corrected chi connectivity index (χ3v) is 7.33. The van der Waals surface area contributed by atoms with Gasteiger partial charge in [0.1, 0.15) is 5.82 Å². The molecule has 0 aromatic heterocycles. The van der Waals surface area contributed by atoms with Crippen molar-refractivity contribution in [2.75, 3.05) is 19.7 Å². The van der Waals surface area contributed by atoms with Crippen molar-refractivity contribution < 1.29 is 9.13 Å². The zero-order valence-electron chi connectivity index (χ0n) is 14.9. The van der Waals surface area contributed by atoms with Crippen LogP contribution in [0.1, 0.15) is 44.1 Å². The van der Waals surface area contributed by atoms with Gasteiger partial charge in [-0.2, -0.15) is 0 Å². The van der Waals surface area contributed by atoms with Crippen molar-refractivity contribution in [1.82, 2.24) is 10.2 Å². The topological polar surface area (TPSA) is 24.5 Å². The Bertz CT molecular complexity index is 624. The molecule has 2 saturated carbocycles. The Kier molecular flexibility index (Phi) is 4.11. The fourth-order valence-corrected chi connectivity index (χ4v) is 5.90. The molecule has 2 saturated heterocycles. The molecular formula is C21H29FN2O. The molecule has 1 spiro atoms. The molecule has 3 atom stereocenters. The van der Waals surface area contributed by atoms with E-state index >= 15 is 0 Å². The molecule has 0 amide bonds. The van der Waals surface area contributed by atoms with Gasteiger partial charge in [-0.25, -0.2) is 4.39 Å². The number of likely N-dealkylation sites (tertiary alicyclic amines) is 1. The largest absolute Gasteiger partial charge is 0.377 e. The number of halogens is 1. The predicted octanol–water partition coefficient (Wildman–Crippen LogP) is 3.34. The van der Waals surface area contributed by atoms with Crippen LogP contribution in [-0.4, -0.2) is 42.8 Å². The van der Waals surface area contributed by atoms with Crippen LogP contribution >= 0.6 is 0 Å². The Labute approximate surface area is 149 Å². The minimum atomic E-state index is -0.127. The number of rotatable bonds is 4. The van der Waals surface area contributed by atoms with Gasteiger partial charge in [-0.1, -0.05) is 18.6 Å². The van der Waals surface area contributed by atoms with Crippen LogP contribution in [0.25, 0.3) is 0 Å². The molecule has 136 valence electrons. The summed E-state index contributed by atoms with van der Waals surface area (Å²) in [4.78, 5) is 2.47. The minimum Gasteiger partial charge on any atom is -0.377 e. The molecular weight excluding hydrogens is 315 g/mol. The van der Waals surface area contributed by atoms with Crippen molar-refractivity contribution in [3.8, 4) is 0 Å². The second kappa shape index (κ2) is 6.33. The van der Waals surface area contributed by atoms with Crippen LogP contribution < -0.4 is 5.32 Å². The minimum absolute atomic E-state index is 0.127. The summed E-state index contributed by atoms with van der Waals surface area (Å²) in [6.07, 6.45) is 8.35. The van der Waals surface area contributed by atoms with Gasteiger partial charge in [0.2, 0.25) is 0 Å². The van der Waals surface area contributed by atoms with Gasteiger partial charge in [0.25, 0.3) is 0 Å². The van der Waals surface area contributed by atoms with Gasteiger partial charge >= 0.3 is 0 Å². The summed E-state index contributed by atoms with van der Waals surface area (Å²) in [5.41, 5.74) is 1.57. The molecule has 0 radical (unpaired) electrons. The summed E-state index contributed by atoms with van der Waals surface area (Å²) in [5.74, 6) is 0.642. The van der Waals surface area contributed by atoms with Gasteiger partial charge in [0.05, 0.1) is 6.10 Å². The van der Waals surface area contributed by atoms with Crippen LogP contribution in [-0.2, 0) is 11.3 Å². The fourth-order valence-electron chi connectivity index (χ4n) is 5.90. The standard InChI is InChI=1S/C21H29FN2O/c22-16-4-1-3-15(13-16)14-24-10-5-17(6-11-24)23-19-18-7-12-25-20(18)21(19)8-2-9-21/h1,3-4,13,17-20,23H,2,5-12,14H2/t18-,19+,20+/m0/s1. The molecule has 1 aromatic rings. The molecule has 2 aliphatic heterocycles. The maximum Gasteiger partial charge on any atom is 0.123 e. The lowest BCUT2D eigenvalue weighted by Gasteiger charge is -2.64. The molecule has 1 aromatic carbocycles. The van der Waals surface area contributed by atoms with Crippen LogP contribution in [0.2, 0.25) is 0 Å². The van der Waals surface area contributed by atoms with Crippen LogP contribution in [0.5, 0.6) is 0 Å². The molecule has 0 unspecified atom stereocenters. The third kappa shape index (κ3) is 2.73. The highest BCUT2D eigenvalue weighted by atomic mass is 19.1. The van der Waals surface area contributed by atoms with Crippen molar-refractivity contribution in [3.05, 3.63) is 35.6 Å². The van der Waals surface area contributed by atoms with Crippen molar-refractivity contribution in [1.29, 1.82) is 0 Å². The lowest BCUT2D eigenvalue weighted by molar-refractivity contribution is -0.179. The quantitative estimate of drug-likeness (QED) is 0.907. The van der Waals surface area contributed by atoms with Crippen molar-refractivity contribution in [3.63, 3.8) is 0 Å². The molecule has 4 aliphatic rings. The average Bonchev–Trinajstić information content (AvgIpc) is 2.98. The number of hydrogen-bond acceptors (Lipinski definition) is 3. The second-order valence-electron chi connectivity index (χ2n) is 8.66. The Morgan fingerprint density at radius 1 is 1.20 bits per heavy atom. The number of fused-ring (bicyclic) bond motifs is 2. The van der Waals surface area contributed by atoms with Crippen molar-refractivity contribution in [2.45, 2.75) is 63.3 Å². The Morgan fingerprint density at radius 3 is 2.76 bits per heavy atom. The number of nitrogens with one attached hydrogen (secondary N) is 1. The molecule has 2 heterocycles. The van der Waals surface area contributed by atoms with E-state index in [9.17, 15) is 4.39 Å². The summed E-state index contributed by atoms with van der Waals surface area (Å²) >= 11 is 0. The summed E-state index contributed by atoms with van der Waals surface area (Å²) < 4.78 is 19.4. The highest BCUT2D eigenvalue weighted by molar-refractivity contribution is 5.19. The molecule has 4 heteroatoms. The SMILES string of the molecule is Fc1cccc(CN2CCC(N[C@@H]3[C@@H]4CCO[C@H]4C34CCC4)CC2)c1. The van der Waals surface area contributed by atoms with Gasteiger partial charge < -0.3 is 10.1 Å². The summed E-state index contributed by atoms with van der Waals surface area (Å²) in [6.45, 7) is 4.06. The van der Waals surface area contributed by atoms with Crippen molar-refractivity contribution in [2.24, 2.45) is 11.3 Å². The highest BCUT2D eigenvalue weighted by Gasteiger charge is 2.66. The van der Waals surface area contributed by atoms with Crippen LogP contribution in [0, 0.1) is 17.2 Å². The maximum atomic E-state index is 13.4. The molecule has 4 fully saturated rings. The van der Waals surface area contributed by atoms with Gasteiger partial charge in [0.15, 0.2) is 0 Å². The number of benzene rings is 1. The molecule has 1 N–H and O–H groups in total. The normalized spacial score (nSPS) is 34.5. The summed E-state index contributed by atoms with van der Waals surface area (Å²) in [7, 11) is 0. The molecule has 3 nitrogen and oxygen atoms in total. The average molecular weight is 344 g/mol. The first-order valence-electron chi connectivity index (χ1n) is 10.1. The first-order chi connectivity index (χ1) is 12.2. The Hall–Kier alpha value is -0.970. The molecule has 2 aliphatic carbocycles. The van der Waals surface area contributed by atoms with E-state index in [0.717, 1.165) is 37.7 Å². The van der Waals surface area contributed by atoms with E-state index in [4.69, 9.17) is 4.74 Å². The number of nitrogens with zero attached hydrogens (tertiary/aromatic N) is 1. The monoisotopic (exact) mass is 344 g/mol. The van der Waals surface area contributed by atoms with E-state index in [1.807, 2.05) is 12.1 Å².